The van der Waals surface area contributed by atoms with Gasteiger partial charge in [-0.2, -0.15) is 0 Å². The van der Waals surface area contributed by atoms with Crippen LogP contribution in [0.4, 0.5) is 0 Å². The van der Waals surface area contributed by atoms with Crippen LogP contribution in [0, 0.1) is 6.92 Å². The van der Waals surface area contributed by atoms with Gasteiger partial charge in [-0.1, -0.05) is 17.3 Å². The van der Waals surface area contributed by atoms with E-state index in [1.54, 1.807) is 7.11 Å². The van der Waals surface area contributed by atoms with Crippen molar-refractivity contribution in [3.05, 3.63) is 47.3 Å². The lowest BCUT2D eigenvalue weighted by Crippen LogP contribution is -2.46. The van der Waals surface area contributed by atoms with Gasteiger partial charge >= 0.3 is 0 Å². The van der Waals surface area contributed by atoms with E-state index >= 15 is 0 Å². The summed E-state index contributed by atoms with van der Waals surface area (Å²) in [7, 11) is 1.69. The van der Waals surface area contributed by atoms with Crippen LogP contribution in [-0.2, 0) is 11.2 Å². The monoisotopic (exact) mass is 340 g/mol. The normalized spacial score (nSPS) is 25.2. The Hall–Kier alpha value is -2.30. The smallest absolute Gasteiger partial charge is 0.230 e. The largest absolute Gasteiger partial charge is 0.497 e. The molecule has 1 aromatic heterocycles. The van der Waals surface area contributed by atoms with Gasteiger partial charge in [0, 0.05) is 18.2 Å². The maximum absolute atomic E-state index is 12.8. The highest BCUT2D eigenvalue weighted by Gasteiger charge is 2.43. The second kappa shape index (κ2) is 6.54. The number of piperidine rings is 1. The van der Waals surface area contributed by atoms with Crippen molar-refractivity contribution in [3.8, 4) is 5.75 Å². The summed E-state index contributed by atoms with van der Waals surface area (Å²) in [6.45, 7) is 1.88. The number of carbonyl (C=O) groups excluding carboxylic acids is 1. The van der Waals surface area contributed by atoms with Crippen LogP contribution in [0.15, 0.2) is 34.9 Å². The molecule has 4 rings (SSSR count). The van der Waals surface area contributed by atoms with Crippen molar-refractivity contribution in [2.75, 3.05) is 7.11 Å². The number of carbonyl (C=O) groups is 1. The first-order chi connectivity index (χ1) is 12.1. The minimum Gasteiger partial charge on any atom is -0.497 e. The first-order valence-corrected chi connectivity index (χ1v) is 9.01. The molecular formula is C20H24N2O3. The van der Waals surface area contributed by atoms with Crippen molar-refractivity contribution in [1.29, 1.82) is 0 Å². The van der Waals surface area contributed by atoms with Crippen molar-refractivity contribution in [2.45, 2.75) is 57.0 Å². The third-order valence-electron chi connectivity index (χ3n) is 5.61. The molecular weight excluding hydrogens is 316 g/mol. The molecule has 25 heavy (non-hydrogen) atoms. The van der Waals surface area contributed by atoms with Gasteiger partial charge in [0.15, 0.2) is 0 Å². The summed E-state index contributed by atoms with van der Waals surface area (Å²) in [6.07, 6.45) is 4.63. The number of benzene rings is 1. The Labute approximate surface area is 147 Å². The van der Waals surface area contributed by atoms with E-state index in [1.165, 1.54) is 5.56 Å². The van der Waals surface area contributed by atoms with Crippen molar-refractivity contribution in [1.82, 2.24) is 10.1 Å². The zero-order valence-electron chi connectivity index (χ0n) is 14.8. The van der Waals surface area contributed by atoms with Gasteiger partial charge in [-0.15, -0.1) is 0 Å². The summed E-state index contributed by atoms with van der Waals surface area (Å²) >= 11 is 0. The maximum atomic E-state index is 12.8. The molecule has 5 nitrogen and oxygen atoms in total. The molecule has 0 spiro atoms. The SMILES string of the molecule is COc1ccc(C2C[C@H]3CC[C@@H](C2)N3C(=O)Cc2cc(C)no2)cc1. The van der Waals surface area contributed by atoms with E-state index in [9.17, 15) is 4.79 Å². The molecule has 3 heterocycles. The topological polar surface area (TPSA) is 55.6 Å². The van der Waals surface area contributed by atoms with E-state index in [0.29, 0.717) is 30.2 Å². The van der Waals surface area contributed by atoms with Crippen LogP contribution in [0.5, 0.6) is 5.75 Å². The predicted octanol–water partition coefficient (Wildman–Crippen LogP) is 3.47. The van der Waals surface area contributed by atoms with Gasteiger partial charge in [-0.3, -0.25) is 4.79 Å². The summed E-state index contributed by atoms with van der Waals surface area (Å²) in [5.41, 5.74) is 2.18. The van der Waals surface area contributed by atoms with Crippen molar-refractivity contribution >= 4 is 5.91 Å². The number of aromatic nitrogens is 1. The van der Waals surface area contributed by atoms with Crippen molar-refractivity contribution in [2.24, 2.45) is 0 Å². The fourth-order valence-corrected chi connectivity index (χ4v) is 4.47. The molecule has 5 heteroatoms. The molecule has 0 N–H and O–H groups in total. The third-order valence-corrected chi connectivity index (χ3v) is 5.61. The van der Waals surface area contributed by atoms with Crippen LogP contribution in [0.1, 0.15) is 48.6 Å². The van der Waals surface area contributed by atoms with E-state index < -0.39 is 0 Å². The first kappa shape index (κ1) is 16.2. The number of ether oxygens (including phenoxy) is 1. The lowest BCUT2D eigenvalue weighted by molar-refractivity contribution is -0.135. The average Bonchev–Trinajstić information content (AvgIpc) is 3.15. The van der Waals surface area contributed by atoms with Crippen LogP contribution >= 0.6 is 0 Å². The Kier molecular flexibility index (Phi) is 4.24. The fourth-order valence-electron chi connectivity index (χ4n) is 4.47. The first-order valence-electron chi connectivity index (χ1n) is 9.01. The van der Waals surface area contributed by atoms with Crippen LogP contribution in [0.3, 0.4) is 0 Å². The van der Waals surface area contributed by atoms with E-state index in [0.717, 1.165) is 37.1 Å². The Balaban J connectivity index is 1.45. The van der Waals surface area contributed by atoms with Gasteiger partial charge in [-0.05, 0) is 56.2 Å². The number of fused-ring (bicyclic) bond motifs is 2. The molecule has 1 aromatic carbocycles. The molecule has 1 amide bonds. The molecule has 2 aliphatic heterocycles. The third kappa shape index (κ3) is 3.15. The molecule has 132 valence electrons. The van der Waals surface area contributed by atoms with Gasteiger partial charge in [0.1, 0.15) is 11.5 Å². The number of rotatable bonds is 4. The highest BCUT2D eigenvalue weighted by atomic mass is 16.5. The number of hydrogen-bond acceptors (Lipinski definition) is 4. The molecule has 0 saturated carbocycles. The maximum Gasteiger partial charge on any atom is 0.230 e. The summed E-state index contributed by atoms with van der Waals surface area (Å²) in [5.74, 6) is 2.26. The molecule has 1 unspecified atom stereocenters. The van der Waals surface area contributed by atoms with E-state index in [1.807, 2.05) is 25.1 Å². The van der Waals surface area contributed by atoms with Crippen molar-refractivity contribution in [3.63, 3.8) is 0 Å². The standard InChI is InChI=1S/C20H24N2O3/c1-13-9-19(25-21-13)12-20(23)22-16-5-6-17(22)11-15(10-16)14-3-7-18(24-2)8-4-14/h3-4,7-9,15-17H,5-6,10-12H2,1-2H3/t15?,16-,17+. The minimum absolute atomic E-state index is 0.178. The zero-order chi connectivity index (χ0) is 17.4. The van der Waals surface area contributed by atoms with E-state index in [2.05, 4.69) is 22.2 Å². The van der Waals surface area contributed by atoms with Gasteiger partial charge < -0.3 is 14.2 Å². The second-order valence-corrected chi connectivity index (χ2v) is 7.24. The second-order valence-electron chi connectivity index (χ2n) is 7.24. The van der Waals surface area contributed by atoms with Crippen LogP contribution in [0.25, 0.3) is 0 Å². The quantitative estimate of drug-likeness (QED) is 0.855. The van der Waals surface area contributed by atoms with Crippen molar-refractivity contribution < 1.29 is 14.1 Å². The number of hydrogen-bond donors (Lipinski definition) is 0. The van der Waals surface area contributed by atoms with E-state index in [4.69, 9.17) is 9.26 Å². The summed E-state index contributed by atoms with van der Waals surface area (Å²) in [5, 5.41) is 3.88. The molecule has 3 atom stereocenters. The molecule has 2 aromatic rings. The molecule has 2 fully saturated rings. The lowest BCUT2D eigenvalue weighted by atomic mass is 9.85. The van der Waals surface area contributed by atoms with Crippen LogP contribution in [-0.4, -0.2) is 35.2 Å². The van der Waals surface area contributed by atoms with Gasteiger partial charge in [-0.25, -0.2) is 0 Å². The lowest BCUT2D eigenvalue weighted by Gasteiger charge is -2.39. The predicted molar refractivity (Wildman–Crippen MR) is 93.6 cm³/mol. The molecule has 2 aliphatic rings. The fraction of sp³-hybridized carbons (Fsp3) is 0.500. The Bertz CT molecular complexity index is 739. The van der Waals surface area contributed by atoms with Crippen LogP contribution in [0.2, 0.25) is 0 Å². The highest BCUT2D eigenvalue weighted by molar-refractivity contribution is 5.79. The minimum atomic E-state index is 0.178. The van der Waals surface area contributed by atoms with Gasteiger partial charge in [0.25, 0.3) is 0 Å². The summed E-state index contributed by atoms with van der Waals surface area (Å²) in [6, 6.07) is 10.9. The zero-order valence-corrected chi connectivity index (χ0v) is 14.8. The Morgan fingerprint density at radius 3 is 2.48 bits per heavy atom. The summed E-state index contributed by atoms with van der Waals surface area (Å²) < 4.78 is 10.5. The Morgan fingerprint density at radius 1 is 1.24 bits per heavy atom. The van der Waals surface area contributed by atoms with E-state index in [-0.39, 0.29) is 5.91 Å². The van der Waals surface area contributed by atoms with Crippen LogP contribution < -0.4 is 4.74 Å². The number of amides is 1. The van der Waals surface area contributed by atoms with Gasteiger partial charge in [0.2, 0.25) is 5.91 Å². The average molecular weight is 340 g/mol. The van der Waals surface area contributed by atoms with Gasteiger partial charge in [0.05, 0.1) is 19.2 Å². The number of nitrogens with zero attached hydrogens (tertiary/aromatic N) is 2. The molecule has 2 saturated heterocycles. The molecule has 0 aliphatic carbocycles. The Morgan fingerprint density at radius 2 is 1.92 bits per heavy atom. The number of aryl methyl sites for hydroxylation is 1. The number of methoxy groups -OCH3 is 1. The highest BCUT2D eigenvalue weighted by Crippen LogP contribution is 2.43. The summed E-state index contributed by atoms with van der Waals surface area (Å²) in [4.78, 5) is 14.9. The molecule has 0 radical (unpaired) electrons. The molecule has 2 bridgehead atoms.